The first-order chi connectivity index (χ1) is 10.6. The molecule has 1 atom stereocenters. The van der Waals surface area contributed by atoms with E-state index in [0.29, 0.717) is 19.0 Å². The highest BCUT2D eigenvalue weighted by Crippen LogP contribution is 2.41. The molecular weight excluding hydrogens is 284 g/mol. The lowest BCUT2D eigenvalue weighted by Crippen LogP contribution is -2.57. The molecule has 6 heteroatoms. The minimum absolute atomic E-state index is 0.0203. The summed E-state index contributed by atoms with van der Waals surface area (Å²) in [6, 6.07) is 3.32. The van der Waals surface area contributed by atoms with Crippen LogP contribution >= 0.6 is 0 Å². The van der Waals surface area contributed by atoms with E-state index in [0.717, 1.165) is 32.4 Å². The van der Waals surface area contributed by atoms with Gasteiger partial charge in [0.05, 0.1) is 18.9 Å². The quantitative estimate of drug-likeness (QED) is 0.897. The van der Waals surface area contributed by atoms with Crippen LogP contribution in [0.1, 0.15) is 36.7 Å². The number of amides is 2. The van der Waals surface area contributed by atoms with E-state index in [1.807, 2.05) is 4.90 Å². The first-order valence-corrected chi connectivity index (χ1v) is 7.78. The van der Waals surface area contributed by atoms with Crippen molar-refractivity contribution in [1.82, 2.24) is 10.2 Å². The van der Waals surface area contributed by atoms with Crippen LogP contribution in [0.3, 0.4) is 0 Å². The molecule has 3 rings (SSSR count). The SMILES string of the molecule is CC(=O)N1CCC2(CCOCC2NC(=O)c2ccco2)CC1. The van der Waals surface area contributed by atoms with Crippen molar-refractivity contribution < 1.29 is 18.7 Å². The third kappa shape index (κ3) is 2.88. The molecule has 0 aromatic carbocycles. The fraction of sp³-hybridized carbons (Fsp3) is 0.625. The van der Waals surface area contributed by atoms with Gasteiger partial charge in [-0.1, -0.05) is 0 Å². The highest BCUT2D eigenvalue weighted by molar-refractivity contribution is 5.91. The second-order valence-electron chi connectivity index (χ2n) is 6.20. The summed E-state index contributed by atoms with van der Waals surface area (Å²) in [6.07, 6.45) is 4.22. The Bertz CT molecular complexity index is 532. The molecule has 1 aromatic heterocycles. The average molecular weight is 306 g/mol. The summed E-state index contributed by atoms with van der Waals surface area (Å²) in [5.74, 6) is 0.244. The number of hydrogen-bond acceptors (Lipinski definition) is 4. The van der Waals surface area contributed by atoms with Crippen molar-refractivity contribution in [3.8, 4) is 0 Å². The van der Waals surface area contributed by atoms with Crippen LogP contribution < -0.4 is 5.32 Å². The Morgan fingerprint density at radius 1 is 1.32 bits per heavy atom. The van der Waals surface area contributed by atoms with E-state index in [2.05, 4.69) is 5.32 Å². The van der Waals surface area contributed by atoms with E-state index < -0.39 is 0 Å². The molecule has 2 fully saturated rings. The largest absolute Gasteiger partial charge is 0.459 e. The van der Waals surface area contributed by atoms with Gasteiger partial charge in [0.15, 0.2) is 5.76 Å². The molecule has 1 aromatic rings. The smallest absolute Gasteiger partial charge is 0.287 e. The summed E-state index contributed by atoms with van der Waals surface area (Å²) in [4.78, 5) is 25.6. The monoisotopic (exact) mass is 306 g/mol. The van der Waals surface area contributed by atoms with E-state index >= 15 is 0 Å². The molecule has 2 aliphatic heterocycles. The number of ether oxygens (including phenoxy) is 1. The zero-order valence-corrected chi connectivity index (χ0v) is 12.8. The molecule has 6 nitrogen and oxygen atoms in total. The topological polar surface area (TPSA) is 71.8 Å². The van der Waals surface area contributed by atoms with Crippen molar-refractivity contribution in [2.24, 2.45) is 5.41 Å². The molecule has 2 aliphatic rings. The lowest BCUT2D eigenvalue weighted by Gasteiger charge is -2.48. The summed E-state index contributed by atoms with van der Waals surface area (Å²) >= 11 is 0. The van der Waals surface area contributed by atoms with E-state index in [-0.39, 0.29) is 23.3 Å². The minimum Gasteiger partial charge on any atom is -0.459 e. The first kappa shape index (κ1) is 15.1. The highest BCUT2D eigenvalue weighted by Gasteiger charge is 2.44. The second kappa shape index (κ2) is 6.12. The van der Waals surface area contributed by atoms with Crippen LogP contribution in [0.4, 0.5) is 0 Å². The summed E-state index contributed by atoms with van der Waals surface area (Å²) in [5.41, 5.74) is 0.0203. The van der Waals surface area contributed by atoms with E-state index in [1.165, 1.54) is 6.26 Å². The van der Waals surface area contributed by atoms with Crippen LogP contribution in [0.15, 0.2) is 22.8 Å². The molecule has 1 unspecified atom stereocenters. The van der Waals surface area contributed by atoms with Crippen molar-refractivity contribution in [3.05, 3.63) is 24.2 Å². The number of rotatable bonds is 2. The maximum absolute atomic E-state index is 12.2. The predicted octanol–water partition coefficient (Wildman–Crippen LogP) is 1.43. The summed E-state index contributed by atoms with van der Waals surface area (Å²) in [5, 5.41) is 3.06. The third-order valence-corrected chi connectivity index (χ3v) is 5.02. The number of likely N-dealkylation sites (tertiary alicyclic amines) is 1. The summed E-state index contributed by atoms with van der Waals surface area (Å²) in [6.45, 7) is 4.35. The Hall–Kier alpha value is -1.82. The normalized spacial score (nSPS) is 24.2. The maximum Gasteiger partial charge on any atom is 0.287 e. The van der Waals surface area contributed by atoms with Crippen molar-refractivity contribution in [2.45, 2.75) is 32.2 Å². The number of hydrogen-bond donors (Lipinski definition) is 1. The number of nitrogens with one attached hydrogen (secondary N) is 1. The molecule has 120 valence electrons. The van der Waals surface area contributed by atoms with Crippen LogP contribution in [0.2, 0.25) is 0 Å². The molecule has 0 saturated carbocycles. The molecule has 1 N–H and O–H groups in total. The highest BCUT2D eigenvalue weighted by atomic mass is 16.5. The first-order valence-electron chi connectivity index (χ1n) is 7.78. The third-order valence-electron chi connectivity index (χ3n) is 5.02. The van der Waals surface area contributed by atoms with Gasteiger partial charge in [0.1, 0.15) is 0 Å². The van der Waals surface area contributed by atoms with Crippen LogP contribution in [0, 0.1) is 5.41 Å². The van der Waals surface area contributed by atoms with E-state index in [4.69, 9.17) is 9.15 Å². The van der Waals surface area contributed by atoms with E-state index in [9.17, 15) is 9.59 Å². The summed E-state index contributed by atoms with van der Waals surface area (Å²) < 4.78 is 10.7. The lowest BCUT2D eigenvalue weighted by atomic mass is 9.69. The van der Waals surface area contributed by atoms with Crippen molar-refractivity contribution in [2.75, 3.05) is 26.3 Å². The van der Waals surface area contributed by atoms with Crippen molar-refractivity contribution in [1.29, 1.82) is 0 Å². The van der Waals surface area contributed by atoms with Gasteiger partial charge < -0.3 is 19.4 Å². The summed E-state index contributed by atoms with van der Waals surface area (Å²) in [7, 11) is 0. The number of carbonyl (C=O) groups excluding carboxylic acids is 2. The van der Waals surface area contributed by atoms with Crippen LogP contribution in [0.25, 0.3) is 0 Å². The Balaban J connectivity index is 1.69. The Kier molecular flexibility index (Phi) is 4.20. The Morgan fingerprint density at radius 2 is 2.09 bits per heavy atom. The standard InChI is InChI=1S/C16H22N2O4/c1-12(19)18-7-4-16(5-8-18)6-10-21-11-14(16)17-15(20)13-3-2-9-22-13/h2-3,9,14H,4-8,10-11H2,1H3,(H,17,20). The molecule has 0 radical (unpaired) electrons. The second-order valence-corrected chi connectivity index (χ2v) is 6.20. The van der Waals surface area contributed by atoms with Crippen LogP contribution in [-0.4, -0.2) is 49.1 Å². The van der Waals surface area contributed by atoms with Gasteiger partial charge in [-0.05, 0) is 36.8 Å². The predicted molar refractivity (Wildman–Crippen MR) is 79.3 cm³/mol. The maximum atomic E-state index is 12.2. The molecule has 0 aliphatic carbocycles. The zero-order chi connectivity index (χ0) is 15.6. The molecule has 3 heterocycles. The van der Waals surface area contributed by atoms with Gasteiger partial charge in [-0.3, -0.25) is 9.59 Å². The van der Waals surface area contributed by atoms with Gasteiger partial charge in [0.25, 0.3) is 5.91 Å². The van der Waals surface area contributed by atoms with Gasteiger partial charge in [-0.2, -0.15) is 0 Å². The zero-order valence-electron chi connectivity index (χ0n) is 12.8. The van der Waals surface area contributed by atoms with Crippen LogP contribution in [-0.2, 0) is 9.53 Å². The minimum atomic E-state index is -0.200. The molecule has 1 spiro atoms. The fourth-order valence-corrected chi connectivity index (χ4v) is 3.52. The van der Waals surface area contributed by atoms with Crippen molar-refractivity contribution >= 4 is 11.8 Å². The fourth-order valence-electron chi connectivity index (χ4n) is 3.52. The molecule has 2 saturated heterocycles. The van der Waals surface area contributed by atoms with Crippen LogP contribution in [0.5, 0.6) is 0 Å². The number of nitrogens with zero attached hydrogens (tertiary/aromatic N) is 1. The van der Waals surface area contributed by atoms with E-state index in [1.54, 1.807) is 19.1 Å². The number of piperidine rings is 1. The van der Waals surface area contributed by atoms with Gasteiger partial charge >= 0.3 is 0 Å². The molecular formula is C16H22N2O4. The number of furan rings is 1. The molecule has 0 bridgehead atoms. The Morgan fingerprint density at radius 3 is 2.73 bits per heavy atom. The number of carbonyl (C=O) groups is 2. The van der Waals surface area contributed by atoms with Gasteiger partial charge in [0.2, 0.25) is 5.91 Å². The van der Waals surface area contributed by atoms with Gasteiger partial charge in [-0.15, -0.1) is 0 Å². The Labute approximate surface area is 129 Å². The molecule has 2 amide bonds. The van der Waals surface area contributed by atoms with Gasteiger partial charge in [0, 0.05) is 26.6 Å². The molecule has 22 heavy (non-hydrogen) atoms. The van der Waals surface area contributed by atoms with Crippen molar-refractivity contribution in [3.63, 3.8) is 0 Å². The van der Waals surface area contributed by atoms with Gasteiger partial charge in [-0.25, -0.2) is 0 Å². The average Bonchev–Trinajstić information content (AvgIpc) is 3.04. The lowest BCUT2D eigenvalue weighted by molar-refractivity contribution is -0.133.